The fraction of sp³-hybridized carbons (Fsp3) is 0.550. The van der Waals surface area contributed by atoms with Crippen LogP contribution in [0.5, 0.6) is 0 Å². The number of aromatic nitrogens is 2. The van der Waals surface area contributed by atoms with Gasteiger partial charge in [-0.05, 0) is 36.7 Å². The number of thioether (sulfide) groups is 1. The summed E-state index contributed by atoms with van der Waals surface area (Å²) in [7, 11) is 0. The second kappa shape index (κ2) is 8.61. The molecule has 1 N–H and O–H groups in total. The van der Waals surface area contributed by atoms with Crippen molar-refractivity contribution in [2.75, 3.05) is 12.3 Å². The SMILES string of the molecule is C=CCn1c(SCC(=O)NCC(C)C)nc2sc3c(c2c1=O)CC[C@H](C)C3. The molecule has 1 atom stereocenters. The van der Waals surface area contributed by atoms with Gasteiger partial charge in [-0.25, -0.2) is 4.98 Å². The van der Waals surface area contributed by atoms with Crippen molar-refractivity contribution in [2.45, 2.75) is 51.7 Å². The van der Waals surface area contributed by atoms with E-state index in [1.165, 1.54) is 22.2 Å². The number of carbonyl (C=O) groups is 1. The van der Waals surface area contributed by atoms with Gasteiger partial charge in [0.1, 0.15) is 4.83 Å². The molecule has 2 aromatic rings. The molecule has 0 aliphatic heterocycles. The van der Waals surface area contributed by atoms with Gasteiger partial charge in [-0.3, -0.25) is 14.2 Å². The predicted octanol–water partition coefficient (Wildman–Crippen LogP) is 3.63. The molecule has 1 aliphatic carbocycles. The van der Waals surface area contributed by atoms with Gasteiger partial charge in [0.05, 0.1) is 11.1 Å². The van der Waals surface area contributed by atoms with Crippen molar-refractivity contribution in [3.63, 3.8) is 0 Å². The van der Waals surface area contributed by atoms with E-state index >= 15 is 0 Å². The first kappa shape index (κ1) is 20.1. The number of aryl methyl sites for hydroxylation is 1. The van der Waals surface area contributed by atoms with Crippen molar-refractivity contribution >= 4 is 39.2 Å². The largest absolute Gasteiger partial charge is 0.355 e. The van der Waals surface area contributed by atoms with Crippen LogP contribution in [-0.4, -0.2) is 27.8 Å². The molecule has 0 aromatic carbocycles. The fourth-order valence-corrected chi connectivity index (χ4v) is 5.57. The third kappa shape index (κ3) is 4.46. The number of hydrogen-bond donors (Lipinski definition) is 1. The topological polar surface area (TPSA) is 64.0 Å². The molecule has 0 fully saturated rings. The highest BCUT2D eigenvalue weighted by Crippen LogP contribution is 2.36. The molecule has 27 heavy (non-hydrogen) atoms. The molecule has 0 spiro atoms. The van der Waals surface area contributed by atoms with E-state index in [0.717, 1.165) is 29.5 Å². The Balaban J connectivity index is 1.92. The predicted molar refractivity (Wildman–Crippen MR) is 114 cm³/mol. The molecular formula is C20H27N3O2S2. The molecule has 2 heterocycles. The smallest absolute Gasteiger partial charge is 0.263 e. The van der Waals surface area contributed by atoms with E-state index < -0.39 is 0 Å². The highest BCUT2D eigenvalue weighted by molar-refractivity contribution is 7.99. The lowest BCUT2D eigenvalue weighted by Gasteiger charge is -2.17. The maximum Gasteiger partial charge on any atom is 0.263 e. The second-order valence-corrected chi connectivity index (χ2v) is 9.64. The zero-order chi connectivity index (χ0) is 19.6. The van der Waals surface area contributed by atoms with E-state index in [1.54, 1.807) is 22.0 Å². The van der Waals surface area contributed by atoms with Crippen molar-refractivity contribution < 1.29 is 4.79 Å². The Morgan fingerprint density at radius 3 is 3.00 bits per heavy atom. The Bertz CT molecular complexity index is 914. The molecule has 0 radical (unpaired) electrons. The second-order valence-electron chi connectivity index (χ2n) is 7.62. The summed E-state index contributed by atoms with van der Waals surface area (Å²) in [6, 6.07) is 0. The number of thiophene rings is 1. The molecule has 146 valence electrons. The molecule has 2 aromatic heterocycles. The molecular weight excluding hydrogens is 378 g/mol. The number of rotatable bonds is 7. The summed E-state index contributed by atoms with van der Waals surface area (Å²) in [5.41, 5.74) is 1.19. The minimum absolute atomic E-state index is 0.00274. The third-order valence-corrected chi connectivity index (χ3v) is 6.86. The van der Waals surface area contributed by atoms with E-state index in [1.807, 2.05) is 0 Å². The van der Waals surface area contributed by atoms with Crippen LogP contribution in [-0.2, 0) is 24.2 Å². The van der Waals surface area contributed by atoms with Gasteiger partial charge in [0.25, 0.3) is 5.56 Å². The van der Waals surface area contributed by atoms with Gasteiger partial charge in [-0.15, -0.1) is 17.9 Å². The first-order chi connectivity index (χ1) is 12.9. The lowest BCUT2D eigenvalue weighted by atomic mass is 9.89. The summed E-state index contributed by atoms with van der Waals surface area (Å²) in [4.78, 5) is 32.1. The summed E-state index contributed by atoms with van der Waals surface area (Å²) in [6.07, 6.45) is 4.80. The van der Waals surface area contributed by atoms with Crippen LogP contribution in [0.25, 0.3) is 10.2 Å². The molecule has 0 saturated carbocycles. The highest BCUT2D eigenvalue weighted by Gasteiger charge is 2.24. The first-order valence-corrected chi connectivity index (χ1v) is 11.3. The van der Waals surface area contributed by atoms with Gasteiger partial charge in [-0.1, -0.05) is 38.6 Å². The lowest BCUT2D eigenvalue weighted by Crippen LogP contribution is -2.29. The van der Waals surface area contributed by atoms with Crippen LogP contribution in [0.4, 0.5) is 0 Å². The number of allylic oxidation sites excluding steroid dienone is 1. The third-order valence-electron chi connectivity index (χ3n) is 4.73. The number of fused-ring (bicyclic) bond motifs is 3. The minimum Gasteiger partial charge on any atom is -0.355 e. The first-order valence-electron chi connectivity index (χ1n) is 9.46. The van der Waals surface area contributed by atoms with Crippen LogP contribution in [0, 0.1) is 11.8 Å². The molecule has 0 saturated heterocycles. The van der Waals surface area contributed by atoms with E-state index in [2.05, 4.69) is 32.7 Å². The van der Waals surface area contributed by atoms with Crippen molar-refractivity contribution in [1.82, 2.24) is 14.9 Å². The normalized spacial score (nSPS) is 16.5. The van der Waals surface area contributed by atoms with Crippen molar-refractivity contribution in [2.24, 2.45) is 11.8 Å². The van der Waals surface area contributed by atoms with Crippen LogP contribution >= 0.6 is 23.1 Å². The summed E-state index contributed by atoms with van der Waals surface area (Å²) < 4.78 is 1.65. The molecule has 3 rings (SSSR count). The zero-order valence-corrected chi connectivity index (χ0v) is 17.8. The van der Waals surface area contributed by atoms with Gasteiger partial charge >= 0.3 is 0 Å². The lowest BCUT2D eigenvalue weighted by molar-refractivity contribution is -0.118. The number of carbonyl (C=O) groups excluding carboxylic acids is 1. The molecule has 1 amide bonds. The summed E-state index contributed by atoms with van der Waals surface area (Å²) >= 11 is 2.96. The summed E-state index contributed by atoms with van der Waals surface area (Å²) in [5, 5.41) is 4.28. The maximum absolute atomic E-state index is 13.2. The highest BCUT2D eigenvalue weighted by atomic mass is 32.2. The van der Waals surface area contributed by atoms with Gasteiger partial charge in [0.2, 0.25) is 5.91 Å². The summed E-state index contributed by atoms with van der Waals surface area (Å²) in [6.45, 7) is 11.2. The molecule has 0 unspecified atom stereocenters. The van der Waals surface area contributed by atoms with Crippen LogP contribution < -0.4 is 10.9 Å². The Labute approximate surface area is 168 Å². The standard InChI is InChI=1S/C20H27N3O2S2/c1-5-8-23-19(25)17-14-7-6-13(4)9-15(14)27-18(17)22-20(23)26-11-16(24)21-10-12(2)3/h5,12-13H,1,6-11H2,2-4H3,(H,21,24)/t13-/m0/s1. The van der Waals surface area contributed by atoms with Crippen molar-refractivity contribution in [3.05, 3.63) is 33.4 Å². The monoisotopic (exact) mass is 405 g/mol. The van der Waals surface area contributed by atoms with E-state index in [0.29, 0.717) is 30.1 Å². The van der Waals surface area contributed by atoms with Crippen LogP contribution in [0.1, 0.15) is 37.6 Å². The Morgan fingerprint density at radius 2 is 2.30 bits per heavy atom. The minimum atomic E-state index is -0.0347. The van der Waals surface area contributed by atoms with Gasteiger partial charge in [0.15, 0.2) is 5.16 Å². The molecule has 0 bridgehead atoms. The number of nitrogens with zero attached hydrogens (tertiary/aromatic N) is 2. The Hall–Kier alpha value is -1.60. The Morgan fingerprint density at radius 1 is 1.52 bits per heavy atom. The average molecular weight is 406 g/mol. The Kier molecular flexibility index (Phi) is 6.42. The van der Waals surface area contributed by atoms with E-state index in [9.17, 15) is 9.59 Å². The molecule has 1 aliphatic rings. The molecule has 7 heteroatoms. The van der Waals surface area contributed by atoms with Crippen LogP contribution in [0.15, 0.2) is 22.6 Å². The average Bonchev–Trinajstić information content (AvgIpc) is 2.98. The number of nitrogens with one attached hydrogen (secondary N) is 1. The van der Waals surface area contributed by atoms with Crippen LogP contribution in [0.2, 0.25) is 0 Å². The van der Waals surface area contributed by atoms with E-state index in [4.69, 9.17) is 4.98 Å². The van der Waals surface area contributed by atoms with Gasteiger partial charge < -0.3 is 5.32 Å². The maximum atomic E-state index is 13.2. The van der Waals surface area contributed by atoms with Crippen LogP contribution in [0.3, 0.4) is 0 Å². The summed E-state index contributed by atoms with van der Waals surface area (Å²) in [5.74, 6) is 1.28. The van der Waals surface area contributed by atoms with Crippen molar-refractivity contribution in [1.29, 1.82) is 0 Å². The fourth-order valence-electron chi connectivity index (χ4n) is 3.30. The number of hydrogen-bond acceptors (Lipinski definition) is 5. The van der Waals surface area contributed by atoms with Crippen molar-refractivity contribution in [3.8, 4) is 0 Å². The van der Waals surface area contributed by atoms with E-state index in [-0.39, 0.29) is 17.2 Å². The van der Waals surface area contributed by atoms with Gasteiger partial charge in [0, 0.05) is 18.0 Å². The van der Waals surface area contributed by atoms with Gasteiger partial charge in [-0.2, -0.15) is 0 Å². The quantitative estimate of drug-likeness (QED) is 0.434. The number of amides is 1. The zero-order valence-electron chi connectivity index (χ0n) is 16.2. The molecule has 5 nitrogen and oxygen atoms in total.